The number of aromatic nitrogens is 1. The molecule has 1 fully saturated rings. The molecule has 0 saturated carbocycles. The molecule has 0 amide bonds. The maximum atomic E-state index is 10.9. The Hall–Kier alpha value is -1.28. The van der Waals surface area contributed by atoms with Gasteiger partial charge in [0.05, 0.1) is 24.4 Å². The first-order valence-corrected chi connectivity index (χ1v) is 8.03. The first-order chi connectivity index (χ1) is 9.81. The van der Waals surface area contributed by atoms with Crippen LogP contribution in [-0.2, 0) is 26.3 Å². The number of nitrogens with zero attached hydrogens (tertiary/aromatic N) is 1. The smallest absolute Gasteiger partial charge is 0.304 e. The Morgan fingerprint density at radius 2 is 2.05 bits per heavy atom. The summed E-state index contributed by atoms with van der Waals surface area (Å²) in [7, 11) is 0. The molecule has 7 heteroatoms. The van der Waals surface area contributed by atoms with E-state index in [1.54, 1.807) is 16.8 Å². The van der Waals surface area contributed by atoms with Crippen LogP contribution >= 0.6 is 11.3 Å². The highest BCUT2D eigenvalue weighted by atomic mass is 32.2. The zero-order valence-corrected chi connectivity index (χ0v) is 12.2. The zero-order valence-electron chi connectivity index (χ0n) is 10.6. The first-order valence-electron chi connectivity index (χ1n) is 6.09. The second-order valence-electron chi connectivity index (χ2n) is 4.31. The van der Waals surface area contributed by atoms with Crippen LogP contribution in [0.4, 0.5) is 0 Å². The summed E-state index contributed by atoms with van der Waals surface area (Å²) in [6.45, 7) is 1.29. The molecule has 1 aromatic heterocycles. The van der Waals surface area contributed by atoms with Crippen molar-refractivity contribution in [3.05, 3.63) is 46.4 Å². The Bertz CT molecular complexity index is 561. The Labute approximate surface area is 123 Å². The van der Waals surface area contributed by atoms with Crippen LogP contribution < -0.4 is 4.74 Å². The van der Waals surface area contributed by atoms with Crippen molar-refractivity contribution in [1.29, 1.82) is 0 Å². The number of hydrogen-bond acceptors (Lipinski definition) is 6. The lowest BCUT2D eigenvalue weighted by atomic mass is 10.0. The topological polar surface area (TPSA) is 57.7 Å². The van der Waals surface area contributed by atoms with Crippen LogP contribution in [0.15, 0.2) is 35.2 Å². The van der Waals surface area contributed by atoms with E-state index in [1.807, 2.05) is 29.6 Å². The van der Waals surface area contributed by atoms with Crippen LogP contribution in [0.5, 0.6) is 5.75 Å². The highest BCUT2D eigenvalue weighted by molar-refractivity contribution is 7.75. The van der Waals surface area contributed by atoms with Gasteiger partial charge in [0.2, 0.25) is 0 Å². The van der Waals surface area contributed by atoms with Crippen LogP contribution in [0.3, 0.4) is 0 Å². The summed E-state index contributed by atoms with van der Waals surface area (Å²) in [5.41, 5.74) is 3.80. The van der Waals surface area contributed by atoms with Gasteiger partial charge in [-0.2, -0.15) is 4.21 Å². The maximum Gasteiger partial charge on any atom is 0.304 e. The molecule has 1 aromatic carbocycles. The molecule has 1 saturated heterocycles. The molecule has 2 aromatic rings. The van der Waals surface area contributed by atoms with Gasteiger partial charge in [0.25, 0.3) is 0 Å². The van der Waals surface area contributed by atoms with Gasteiger partial charge in [0.1, 0.15) is 12.4 Å². The van der Waals surface area contributed by atoms with Gasteiger partial charge in [0.15, 0.2) is 0 Å². The van der Waals surface area contributed by atoms with Crippen LogP contribution in [0.2, 0.25) is 0 Å². The molecule has 1 aliphatic heterocycles. The van der Waals surface area contributed by atoms with Gasteiger partial charge in [-0.3, -0.25) is 8.37 Å². The van der Waals surface area contributed by atoms with Gasteiger partial charge in [0, 0.05) is 11.3 Å². The number of ether oxygens (including phenoxy) is 1. The predicted molar refractivity (Wildman–Crippen MR) is 75.7 cm³/mol. The third-order valence-corrected chi connectivity index (χ3v) is 4.24. The highest BCUT2D eigenvalue weighted by Crippen LogP contribution is 2.24. The predicted octanol–water partition coefficient (Wildman–Crippen LogP) is 2.43. The second-order valence-corrected chi connectivity index (χ2v) is 5.91. The van der Waals surface area contributed by atoms with Crippen molar-refractivity contribution in [2.75, 3.05) is 13.2 Å². The zero-order chi connectivity index (χ0) is 13.8. The Morgan fingerprint density at radius 1 is 1.30 bits per heavy atom. The molecule has 0 radical (unpaired) electrons. The van der Waals surface area contributed by atoms with E-state index in [9.17, 15) is 4.21 Å². The van der Waals surface area contributed by atoms with E-state index >= 15 is 0 Å². The van der Waals surface area contributed by atoms with Gasteiger partial charge in [-0.1, -0.05) is 12.1 Å². The fraction of sp³-hybridized carbons (Fsp3) is 0.308. The summed E-state index contributed by atoms with van der Waals surface area (Å²) in [6.07, 6.45) is 0. The van der Waals surface area contributed by atoms with Crippen LogP contribution in [-0.4, -0.2) is 22.4 Å². The van der Waals surface area contributed by atoms with Gasteiger partial charge in [-0.05, 0) is 17.7 Å². The molecule has 3 rings (SSSR count). The third-order valence-electron chi connectivity index (χ3n) is 2.95. The quantitative estimate of drug-likeness (QED) is 0.868. The van der Waals surface area contributed by atoms with Gasteiger partial charge >= 0.3 is 11.4 Å². The number of thiazole rings is 1. The third kappa shape index (κ3) is 3.43. The minimum atomic E-state index is -1.59. The SMILES string of the molecule is O=S1OCC(c2ccc(OCc3cscn3)cc2)CO1. The lowest BCUT2D eigenvalue weighted by Crippen LogP contribution is -2.22. The van der Waals surface area contributed by atoms with E-state index in [0.717, 1.165) is 17.0 Å². The van der Waals surface area contributed by atoms with E-state index in [-0.39, 0.29) is 5.92 Å². The Morgan fingerprint density at radius 3 is 2.70 bits per heavy atom. The van der Waals surface area contributed by atoms with Crippen LogP contribution in [0.1, 0.15) is 17.2 Å². The van der Waals surface area contributed by atoms with Crippen molar-refractivity contribution in [2.24, 2.45) is 0 Å². The summed E-state index contributed by atoms with van der Waals surface area (Å²) >= 11 is -0.0377. The van der Waals surface area contributed by atoms with Crippen molar-refractivity contribution >= 4 is 22.7 Å². The first kappa shape index (κ1) is 13.7. The highest BCUT2D eigenvalue weighted by Gasteiger charge is 2.21. The summed E-state index contributed by atoms with van der Waals surface area (Å²) in [6, 6.07) is 7.77. The second kappa shape index (κ2) is 6.45. The molecule has 0 aliphatic carbocycles. The van der Waals surface area contributed by atoms with Crippen molar-refractivity contribution in [1.82, 2.24) is 4.98 Å². The lowest BCUT2D eigenvalue weighted by molar-refractivity contribution is 0.160. The summed E-state index contributed by atoms with van der Waals surface area (Å²) in [5, 5.41) is 1.96. The lowest BCUT2D eigenvalue weighted by Gasteiger charge is -2.21. The largest absolute Gasteiger partial charge is 0.487 e. The molecule has 2 heterocycles. The maximum absolute atomic E-state index is 10.9. The van der Waals surface area contributed by atoms with Crippen molar-refractivity contribution < 1.29 is 17.3 Å². The molecular formula is C13H13NO4S2. The minimum Gasteiger partial charge on any atom is -0.487 e. The van der Waals surface area contributed by atoms with Crippen molar-refractivity contribution in [2.45, 2.75) is 12.5 Å². The minimum absolute atomic E-state index is 0.111. The molecule has 0 unspecified atom stereocenters. The molecule has 106 valence electrons. The molecular weight excluding hydrogens is 298 g/mol. The molecule has 20 heavy (non-hydrogen) atoms. The standard InChI is InChI=1S/C13H13NO4S2/c15-20-17-5-11(6-18-20)10-1-3-13(4-2-10)16-7-12-8-19-9-14-12/h1-4,8-9,11H,5-7H2. The monoisotopic (exact) mass is 311 g/mol. The molecule has 5 nitrogen and oxygen atoms in total. The number of benzene rings is 1. The van der Waals surface area contributed by atoms with E-state index in [2.05, 4.69) is 4.98 Å². The molecule has 1 aliphatic rings. The van der Waals surface area contributed by atoms with E-state index in [0.29, 0.717) is 19.8 Å². The number of rotatable bonds is 4. The van der Waals surface area contributed by atoms with Crippen molar-refractivity contribution in [3.8, 4) is 5.75 Å². The molecule has 0 bridgehead atoms. The Balaban J connectivity index is 1.58. The fourth-order valence-electron chi connectivity index (χ4n) is 1.85. The van der Waals surface area contributed by atoms with Gasteiger partial charge in [-0.25, -0.2) is 4.98 Å². The van der Waals surface area contributed by atoms with Gasteiger partial charge in [-0.15, -0.1) is 11.3 Å². The fourth-order valence-corrected chi connectivity index (χ4v) is 3.01. The summed E-state index contributed by atoms with van der Waals surface area (Å²) < 4.78 is 26.5. The van der Waals surface area contributed by atoms with E-state index in [4.69, 9.17) is 13.1 Å². The summed E-state index contributed by atoms with van der Waals surface area (Å²) in [5.74, 6) is 0.906. The number of hydrogen-bond donors (Lipinski definition) is 0. The van der Waals surface area contributed by atoms with E-state index in [1.165, 1.54) is 0 Å². The molecule has 0 atom stereocenters. The van der Waals surface area contributed by atoms with Crippen LogP contribution in [0.25, 0.3) is 0 Å². The normalized spacial score (nSPS) is 22.6. The van der Waals surface area contributed by atoms with Gasteiger partial charge < -0.3 is 4.74 Å². The molecule has 0 spiro atoms. The van der Waals surface area contributed by atoms with Crippen molar-refractivity contribution in [3.63, 3.8) is 0 Å². The Kier molecular flexibility index (Phi) is 4.41. The summed E-state index contributed by atoms with van der Waals surface area (Å²) in [4.78, 5) is 4.16. The average molecular weight is 311 g/mol. The average Bonchev–Trinajstić information content (AvgIpc) is 3.00. The van der Waals surface area contributed by atoms with E-state index < -0.39 is 11.4 Å². The molecule has 0 N–H and O–H groups in total. The van der Waals surface area contributed by atoms with Crippen LogP contribution in [0, 0.1) is 0 Å².